The van der Waals surface area contributed by atoms with Gasteiger partial charge in [0.25, 0.3) is 0 Å². The highest BCUT2D eigenvalue weighted by Crippen LogP contribution is 2.32. The van der Waals surface area contributed by atoms with E-state index >= 15 is 0 Å². The first-order chi connectivity index (χ1) is 8.38. The molecule has 1 aromatic rings. The van der Waals surface area contributed by atoms with Crippen molar-refractivity contribution in [2.24, 2.45) is 5.73 Å². The Hall–Kier alpha value is -0.940. The fourth-order valence-electron chi connectivity index (χ4n) is 2.44. The Morgan fingerprint density at radius 2 is 1.74 bits per heavy atom. The van der Waals surface area contributed by atoms with Gasteiger partial charge in [-0.25, -0.2) is 0 Å². The van der Waals surface area contributed by atoms with Gasteiger partial charge < -0.3 is 10.6 Å². The van der Waals surface area contributed by atoms with Gasteiger partial charge in [0.15, 0.2) is 0 Å². The molecule has 2 nitrogen and oxygen atoms in total. The minimum absolute atomic E-state index is 0. The molecular weight excluding hydrogens is 277 g/mol. The third-order valence-electron chi connectivity index (χ3n) is 3.60. The van der Waals surface area contributed by atoms with Crippen molar-refractivity contribution < 1.29 is 13.2 Å². The van der Waals surface area contributed by atoms with E-state index in [1.807, 2.05) is 11.9 Å². The van der Waals surface area contributed by atoms with Gasteiger partial charge in [0.05, 0.1) is 5.56 Å². The van der Waals surface area contributed by atoms with E-state index < -0.39 is 11.7 Å². The lowest BCUT2D eigenvalue weighted by molar-refractivity contribution is -0.137. The van der Waals surface area contributed by atoms with Gasteiger partial charge in [-0.3, -0.25) is 0 Å². The normalized spacial score (nSPS) is 23.0. The third-order valence-corrected chi connectivity index (χ3v) is 3.60. The van der Waals surface area contributed by atoms with Crippen LogP contribution in [0.5, 0.6) is 0 Å². The van der Waals surface area contributed by atoms with E-state index in [-0.39, 0.29) is 18.4 Å². The average molecular weight is 295 g/mol. The van der Waals surface area contributed by atoms with Crippen molar-refractivity contribution in [3.8, 4) is 0 Å². The maximum atomic E-state index is 12.4. The zero-order chi connectivity index (χ0) is 13.3. The molecule has 2 atom stereocenters. The number of nitrogens with two attached hydrogens (primary N) is 1. The van der Waals surface area contributed by atoms with Crippen molar-refractivity contribution in [3.63, 3.8) is 0 Å². The van der Waals surface area contributed by atoms with Gasteiger partial charge in [0.2, 0.25) is 0 Å². The Kier molecular flexibility index (Phi) is 5.10. The van der Waals surface area contributed by atoms with Crippen LogP contribution in [0.25, 0.3) is 0 Å². The zero-order valence-electron chi connectivity index (χ0n) is 10.7. The van der Waals surface area contributed by atoms with Gasteiger partial charge in [-0.05, 0) is 43.5 Å². The maximum absolute atomic E-state index is 12.4. The van der Waals surface area contributed by atoms with Crippen LogP contribution < -0.4 is 10.6 Å². The Morgan fingerprint density at radius 1 is 1.16 bits per heavy atom. The largest absolute Gasteiger partial charge is 0.416 e. The molecule has 1 aliphatic carbocycles. The summed E-state index contributed by atoms with van der Waals surface area (Å²) in [5, 5.41) is 0. The Balaban J connectivity index is 0.00000180. The van der Waals surface area contributed by atoms with Crippen LogP contribution in [0, 0.1) is 0 Å². The third kappa shape index (κ3) is 3.76. The smallest absolute Gasteiger partial charge is 0.372 e. The molecule has 2 rings (SSSR count). The van der Waals surface area contributed by atoms with Crippen LogP contribution in [0.4, 0.5) is 18.9 Å². The molecule has 0 spiro atoms. The molecule has 19 heavy (non-hydrogen) atoms. The van der Waals surface area contributed by atoms with Crippen molar-refractivity contribution in [2.75, 3.05) is 11.9 Å². The second kappa shape index (κ2) is 6.01. The van der Waals surface area contributed by atoms with E-state index in [1.165, 1.54) is 12.1 Å². The minimum atomic E-state index is -4.27. The number of anilines is 1. The molecular formula is C13H18ClF3N2. The summed E-state index contributed by atoms with van der Waals surface area (Å²) in [4.78, 5) is 2.02. The highest BCUT2D eigenvalue weighted by molar-refractivity contribution is 5.85. The second-order valence-electron chi connectivity index (χ2n) is 4.88. The summed E-state index contributed by atoms with van der Waals surface area (Å²) in [6.07, 6.45) is -1.39. The summed E-state index contributed by atoms with van der Waals surface area (Å²) in [5.74, 6) is 0. The monoisotopic (exact) mass is 294 g/mol. The molecule has 1 fully saturated rings. The molecule has 0 unspecified atom stereocenters. The minimum Gasteiger partial charge on any atom is -0.372 e. The quantitative estimate of drug-likeness (QED) is 0.905. The molecule has 1 aliphatic rings. The molecule has 1 saturated carbocycles. The van der Waals surface area contributed by atoms with Crippen molar-refractivity contribution in [3.05, 3.63) is 29.8 Å². The van der Waals surface area contributed by atoms with Crippen LogP contribution in [-0.2, 0) is 6.18 Å². The number of benzene rings is 1. The highest BCUT2D eigenvalue weighted by atomic mass is 35.5. The second-order valence-corrected chi connectivity index (χ2v) is 4.88. The standard InChI is InChI=1S/C13H17F3N2.ClH/c1-18(12-7-4-10(17)8-12)11-5-2-9(3-6-11)13(14,15)16;/h2-3,5-6,10,12H,4,7-8,17H2,1H3;1H/t10-,12+;/m0./s1. The molecule has 0 radical (unpaired) electrons. The predicted molar refractivity (Wildman–Crippen MR) is 72.7 cm³/mol. The van der Waals surface area contributed by atoms with Gasteiger partial charge in [0, 0.05) is 24.8 Å². The molecule has 0 heterocycles. The fraction of sp³-hybridized carbons (Fsp3) is 0.538. The first-order valence-electron chi connectivity index (χ1n) is 6.03. The van der Waals surface area contributed by atoms with Gasteiger partial charge >= 0.3 is 6.18 Å². The summed E-state index contributed by atoms with van der Waals surface area (Å²) >= 11 is 0. The zero-order valence-corrected chi connectivity index (χ0v) is 11.5. The summed E-state index contributed by atoms with van der Waals surface area (Å²) in [6, 6.07) is 5.84. The number of halogens is 4. The topological polar surface area (TPSA) is 29.3 Å². The molecule has 6 heteroatoms. The molecule has 0 amide bonds. The van der Waals surface area contributed by atoms with E-state index in [2.05, 4.69) is 0 Å². The molecule has 1 aromatic carbocycles. The van der Waals surface area contributed by atoms with Gasteiger partial charge in [-0.15, -0.1) is 12.4 Å². The summed E-state index contributed by atoms with van der Waals surface area (Å²) in [6.45, 7) is 0. The van der Waals surface area contributed by atoms with Crippen molar-refractivity contribution in [1.29, 1.82) is 0 Å². The first kappa shape index (κ1) is 16.1. The van der Waals surface area contributed by atoms with Crippen molar-refractivity contribution in [1.82, 2.24) is 0 Å². The number of rotatable bonds is 2. The molecule has 108 valence electrons. The lowest BCUT2D eigenvalue weighted by atomic mass is 10.1. The van der Waals surface area contributed by atoms with Crippen molar-refractivity contribution >= 4 is 18.1 Å². The Morgan fingerprint density at radius 3 is 2.16 bits per heavy atom. The van der Waals surface area contributed by atoms with Gasteiger partial charge in [0.1, 0.15) is 0 Å². The molecule has 0 aliphatic heterocycles. The molecule has 0 aromatic heterocycles. The van der Waals surface area contributed by atoms with E-state index in [0.29, 0.717) is 6.04 Å². The lowest BCUT2D eigenvalue weighted by Gasteiger charge is -2.27. The van der Waals surface area contributed by atoms with Crippen LogP contribution >= 0.6 is 12.4 Å². The van der Waals surface area contributed by atoms with Crippen LogP contribution in [0.15, 0.2) is 24.3 Å². The van der Waals surface area contributed by atoms with E-state index in [4.69, 9.17) is 5.73 Å². The fourth-order valence-corrected chi connectivity index (χ4v) is 2.44. The number of alkyl halides is 3. The summed E-state index contributed by atoms with van der Waals surface area (Å²) in [5.41, 5.74) is 6.05. The number of hydrogen-bond acceptors (Lipinski definition) is 2. The Bertz CT molecular complexity index is 405. The van der Waals surface area contributed by atoms with Crippen LogP contribution in [0.1, 0.15) is 24.8 Å². The number of hydrogen-bond donors (Lipinski definition) is 1. The lowest BCUT2D eigenvalue weighted by Crippen LogP contribution is -2.30. The summed E-state index contributed by atoms with van der Waals surface area (Å²) in [7, 11) is 1.91. The first-order valence-corrected chi connectivity index (χ1v) is 6.03. The van der Waals surface area contributed by atoms with Gasteiger partial charge in [-0.2, -0.15) is 13.2 Å². The SMILES string of the molecule is CN(c1ccc(C(F)(F)F)cc1)[C@@H]1CC[C@H](N)C1.Cl. The van der Waals surface area contributed by atoms with Crippen LogP contribution in [0.3, 0.4) is 0 Å². The highest BCUT2D eigenvalue weighted by Gasteiger charge is 2.30. The van der Waals surface area contributed by atoms with Crippen LogP contribution in [-0.4, -0.2) is 19.1 Å². The van der Waals surface area contributed by atoms with Gasteiger partial charge in [-0.1, -0.05) is 0 Å². The van der Waals surface area contributed by atoms with E-state index in [9.17, 15) is 13.2 Å². The predicted octanol–water partition coefficient (Wildman–Crippen LogP) is 3.44. The number of nitrogens with zero attached hydrogens (tertiary/aromatic N) is 1. The van der Waals surface area contributed by atoms with E-state index in [1.54, 1.807) is 0 Å². The van der Waals surface area contributed by atoms with Crippen molar-refractivity contribution in [2.45, 2.75) is 37.5 Å². The summed E-state index contributed by atoms with van der Waals surface area (Å²) < 4.78 is 37.3. The molecule has 0 saturated heterocycles. The molecule has 2 N–H and O–H groups in total. The maximum Gasteiger partial charge on any atom is 0.416 e. The van der Waals surface area contributed by atoms with E-state index in [0.717, 1.165) is 37.1 Å². The van der Waals surface area contributed by atoms with Crippen LogP contribution in [0.2, 0.25) is 0 Å². The Labute approximate surface area is 117 Å². The average Bonchev–Trinajstić information content (AvgIpc) is 2.74. The molecule has 0 bridgehead atoms.